The van der Waals surface area contributed by atoms with Crippen molar-refractivity contribution in [3.05, 3.63) is 47.9 Å². The third kappa shape index (κ3) is 1.72. The van der Waals surface area contributed by atoms with Crippen molar-refractivity contribution in [3.8, 4) is 22.8 Å². The summed E-state index contributed by atoms with van der Waals surface area (Å²) in [6.07, 6.45) is 1.61. The van der Waals surface area contributed by atoms with Crippen molar-refractivity contribution >= 4 is 0 Å². The zero-order chi connectivity index (χ0) is 12.5. The lowest BCUT2D eigenvalue weighted by molar-refractivity contribution is 0.430. The van der Waals surface area contributed by atoms with Gasteiger partial charge in [-0.25, -0.2) is 0 Å². The predicted octanol–water partition coefficient (Wildman–Crippen LogP) is 3.61. The predicted molar refractivity (Wildman–Crippen MR) is 66.9 cm³/mol. The van der Waals surface area contributed by atoms with E-state index in [9.17, 15) is 0 Å². The van der Waals surface area contributed by atoms with E-state index < -0.39 is 0 Å². The second-order valence-electron chi connectivity index (χ2n) is 4.13. The molecule has 0 bridgehead atoms. The van der Waals surface area contributed by atoms with Crippen LogP contribution in [0.1, 0.15) is 11.3 Å². The fraction of sp³-hybridized carbons (Fsp3) is 0.143. The van der Waals surface area contributed by atoms with Crippen LogP contribution >= 0.6 is 0 Å². The minimum absolute atomic E-state index is 0.486. The van der Waals surface area contributed by atoms with Crippen LogP contribution in [0, 0.1) is 13.8 Å². The second kappa shape index (κ2) is 4.14. The van der Waals surface area contributed by atoms with Crippen LogP contribution in [0.25, 0.3) is 22.8 Å². The van der Waals surface area contributed by atoms with Gasteiger partial charge in [0, 0.05) is 5.56 Å². The molecule has 0 radical (unpaired) electrons. The number of hydrogen-bond donors (Lipinski definition) is 0. The Hall–Kier alpha value is -2.36. The Morgan fingerprint density at radius 2 is 1.83 bits per heavy atom. The van der Waals surface area contributed by atoms with Crippen molar-refractivity contribution < 1.29 is 8.94 Å². The Labute approximate surface area is 104 Å². The van der Waals surface area contributed by atoms with Crippen LogP contribution in [0.5, 0.6) is 0 Å². The molecule has 0 aliphatic rings. The first-order valence-corrected chi connectivity index (χ1v) is 5.70. The van der Waals surface area contributed by atoms with Gasteiger partial charge in [-0.2, -0.15) is 4.98 Å². The van der Waals surface area contributed by atoms with Gasteiger partial charge >= 0.3 is 0 Å². The van der Waals surface area contributed by atoms with Crippen LogP contribution in [0.4, 0.5) is 0 Å². The lowest BCUT2D eigenvalue weighted by Crippen LogP contribution is -1.84. The van der Waals surface area contributed by atoms with Crippen LogP contribution in [0.15, 0.2) is 45.5 Å². The monoisotopic (exact) mass is 240 g/mol. The summed E-state index contributed by atoms with van der Waals surface area (Å²) in [5.41, 5.74) is 2.93. The Kier molecular flexibility index (Phi) is 2.48. The summed E-state index contributed by atoms with van der Waals surface area (Å²) >= 11 is 0. The second-order valence-corrected chi connectivity index (χ2v) is 4.13. The maximum atomic E-state index is 5.28. The van der Waals surface area contributed by atoms with Gasteiger partial charge in [0.1, 0.15) is 5.76 Å². The molecular formula is C14H12N2O2. The maximum Gasteiger partial charge on any atom is 0.261 e. The molecule has 1 aromatic carbocycles. The highest BCUT2D eigenvalue weighted by atomic mass is 16.5. The number of benzene rings is 1. The molecule has 0 spiro atoms. The summed E-state index contributed by atoms with van der Waals surface area (Å²) in [7, 11) is 0. The van der Waals surface area contributed by atoms with Crippen molar-refractivity contribution in [2.24, 2.45) is 0 Å². The molecule has 0 saturated heterocycles. The summed E-state index contributed by atoms with van der Waals surface area (Å²) in [5.74, 6) is 1.86. The first-order valence-electron chi connectivity index (χ1n) is 5.70. The molecule has 0 aliphatic heterocycles. The van der Waals surface area contributed by atoms with Crippen LogP contribution < -0.4 is 0 Å². The number of hydrogen-bond acceptors (Lipinski definition) is 4. The average molecular weight is 240 g/mol. The highest BCUT2D eigenvalue weighted by Crippen LogP contribution is 2.26. The van der Waals surface area contributed by atoms with Gasteiger partial charge in [-0.15, -0.1) is 0 Å². The molecule has 2 aromatic heterocycles. The fourth-order valence-corrected chi connectivity index (χ4v) is 1.87. The molecule has 0 saturated carbocycles. The molecule has 3 rings (SSSR count). The zero-order valence-corrected chi connectivity index (χ0v) is 10.2. The SMILES string of the molecule is Cc1ccccc1-c1noc(-c2ccoc2C)n1. The molecule has 0 atom stereocenters. The molecule has 90 valence electrons. The van der Waals surface area contributed by atoms with Gasteiger partial charge < -0.3 is 8.94 Å². The van der Waals surface area contributed by atoms with E-state index in [1.165, 1.54) is 0 Å². The van der Waals surface area contributed by atoms with Crippen LogP contribution in [-0.4, -0.2) is 10.1 Å². The number of nitrogens with zero attached hydrogens (tertiary/aromatic N) is 2. The standard InChI is InChI=1S/C14H12N2O2/c1-9-5-3-4-6-11(9)13-15-14(18-16-13)12-7-8-17-10(12)2/h3-8H,1-2H3. The molecule has 0 unspecified atom stereocenters. The summed E-state index contributed by atoms with van der Waals surface area (Å²) in [5, 5.41) is 4.02. The lowest BCUT2D eigenvalue weighted by atomic mass is 10.1. The molecule has 2 heterocycles. The van der Waals surface area contributed by atoms with Crippen molar-refractivity contribution in [1.29, 1.82) is 0 Å². The third-order valence-corrected chi connectivity index (χ3v) is 2.90. The highest BCUT2D eigenvalue weighted by Gasteiger charge is 2.14. The van der Waals surface area contributed by atoms with E-state index in [1.54, 1.807) is 6.26 Å². The van der Waals surface area contributed by atoms with Gasteiger partial charge in [0.2, 0.25) is 5.82 Å². The van der Waals surface area contributed by atoms with Crippen molar-refractivity contribution in [2.75, 3.05) is 0 Å². The number of rotatable bonds is 2. The number of furan rings is 1. The smallest absolute Gasteiger partial charge is 0.261 e. The fourth-order valence-electron chi connectivity index (χ4n) is 1.87. The molecule has 0 aliphatic carbocycles. The van der Waals surface area contributed by atoms with E-state index in [1.807, 2.05) is 44.2 Å². The van der Waals surface area contributed by atoms with Gasteiger partial charge in [0.05, 0.1) is 11.8 Å². The van der Waals surface area contributed by atoms with Crippen LogP contribution in [-0.2, 0) is 0 Å². The van der Waals surface area contributed by atoms with E-state index in [0.717, 1.165) is 22.5 Å². The summed E-state index contributed by atoms with van der Waals surface area (Å²) in [4.78, 5) is 4.41. The van der Waals surface area contributed by atoms with E-state index in [2.05, 4.69) is 10.1 Å². The Morgan fingerprint density at radius 3 is 2.56 bits per heavy atom. The molecule has 0 amide bonds. The molecule has 4 heteroatoms. The minimum atomic E-state index is 0.486. The average Bonchev–Trinajstić information content (AvgIpc) is 2.98. The maximum absolute atomic E-state index is 5.28. The van der Waals surface area contributed by atoms with Crippen molar-refractivity contribution in [3.63, 3.8) is 0 Å². The van der Waals surface area contributed by atoms with E-state index >= 15 is 0 Å². The molecule has 0 N–H and O–H groups in total. The van der Waals surface area contributed by atoms with Gasteiger partial charge in [-0.05, 0) is 25.5 Å². The molecule has 0 fully saturated rings. The van der Waals surface area contributed by atoms with Crippen LogP contribution in [0.2, 0.25) is 0 Å². The van der Waals surface area contributed by atoms with Gasteiger partial charge in [0.15, 0.2) is 0 Å². The molecular weight excluding hydrogens is 228 g/mol. The van der Waals surface area contributed by atoms with Crippen molar-refractivity contribution in [1.82, 2.24) is 10.1 Å². The quantitative estimate of drug-likeness (QED) is 0.686. The number of aromatic nitrogens is 2. The molecule has 3 aromatic rings. The Bertz CT molecular complexity index is 682. The topological polar surface area (TPSA) is 52.1 Å². The van der Waals surface area contributed by atoms with Crippen molar-refractivity contribution in [2.45, 2.75) is 13.8 Å². The summed E-state index contributed by atoms with van der Waals surface area (Å²) in [6, 6.07) is 9.77. The van der Waals surface area contributed by atoms with Gasteiger partial charge in [-0.3, -0.25) is 0 Å². The number of aryl methyl sites for hydroxylation is 2. The summed E-state index contributed by atoms with van der Waals surface area (Å²) in [6.45, 7) is 3.89. The van der Waals surface area contributed by atoms with Crippen LogP contribution in [0.3, 0.4) is 0 Å². The Morgan fingerprint density at radius 1 is 1.00 bits per heavy atom. The largest absolute Gasteiger partial charge is 0.469 e. The normalized spacial score (nSPS) is 10.8. The third-order valence-electron chi connectivity index (χ3n) is 2.90. The summed E-state index contributed by atoms with van der Waals surface area (Å²) < 4.78 is 10.5. The first kappa shape index (κ1) is 10.8. The Balaban J connectivity index is 2.05. The van der Waals surface area contributed by atoms with E-state index in [-0.39, 0.29) is 0 Å². The lowest BCUT2D eigenvalue weighted by Gasteiger charge is -1.97. The van der Waals surface area contributed by atoms with Gasteiger partial charge in [-0.1, -0.05) is 29.4 Å². The highest BCUT2D eigenvalue weighted by molar-refractivity contribution is 5.63. The van der Waals surface area contributed by atoms with Gasteiger partial charge in [0.25, 0.3) is 5.89 Å². The van der Waals surface area contributed by atoms with E-state index in [0.29, 0.717) is 11.7 Å². The molecule has 18 heavy (non-hydrogen) atoms. The minimum Gasteiger partial charge on any atom is -0.469 e. The zero-order valence-electron chi connectivity index (χ0n) is 10.2. The first-order chi connectivity index (χ1) is 8.75. The van der Waals surface area contributed by atoms with E-state index in [4.69, 9.17) is 8.94 Å². The molecule has 4 nitrogen and oxygen atoms in total.